The summed E-state index contributed by atoms with van der Waals surface area (Å²) < 4.78 is 0. The highest BCUT2D eigenvalue weighted by atomic mass is 35.5. The van der Waals surface area contributed by atoms with Crippen LogP contribution in [-0.2, 0) is 0 Å². The fraction of sp³-hybridized carbons (Fsp3) is 0.0625. The fourth-order valence-corrected chi connectivity index (χ4v) is 2.12. The molecule has 0 aliphatic heterocycles. The Labute approximate surface area is 122 Å². The summed E-state index contributed by atoms with van der Waals surface area (Å²) in [7, 11) is 0. The largest absolute Gasteiger partial charge is 0.289 e. The van der Waals surface area contributed by atoms with Gasteiger partial charge in [-0.15, -0.1) is 0 Å². The Morgan fingerprint density at radius 1 is 1.05 bits per heavy atom. The van der Waals surface area contributed by atoms with Crippen molar-refractivity contribution in [3.05, 3.63) is 75.3 Å². The van der Waals surface area contributed by atoms with Crippen LogP contribution in [-0.4, -0.2) is 5.78 Å². The Hall–Kier alpha value is -1.57. The first-order valence-electron chi connectivity index (χ1n) is 5.81. The zero-order valence-corrected chi connectivity index (χ0v) is 11.9. The van der Waals surface area contributed by atoms with E-state index in [9.17, 15) is 4.79 Å². The standard InChI is InChI=1S/C16H12Cl2O/c1-11-5-2-3-7-13(11)15(19)10-9-12-6-4-8-14(17)16(12)18/h2-10H,1H3. The van der Waals surface area contributed by atoms with E-state index in [2.05, 4.69) is 0 Å². The Kier molecular flexibility index (Phi) is 4.41. The zero-order valence-electron chi connectivity index (χ0n) is 10.4. The van der Waals surface area contributed by atoms with Gasteiger partial charge in [0, 0.05) is 5.56 Å². The maximum atomic E-state index is 12.1. The number of rotatable bonds is 3. The summed E-state index contributed by atoms with van der Waals surface area (Å²) in [5, 5.41) is 0.935. The third-order valence-corrected chi connectivity index (χ3v) is 3.64. The number of hydrogen-bond acceptors (Lipinski definition) is 1. The monoisotopic (exact) mass is 290 g/mol. The first-order chi connectivity index (χ1) is 9.09. The number of allylic oxidation sites excluding steroid dienone is 1. The van der Waals surface area contributed by atoms with Gasteiger partial charge in [-0.05, 0) is 36.3 Å². The van der Waals surface area contributed by atoms with E-state index in [0.29, 0.717) is 15.6 Å². The van der Waals surface area contributed by atoms with Crippen LogP contribution in [0.1, 0.15) is 21.5 Å². The van der Waals surface area contributed by atoms with Crippen LogP contribution in [0.15, 0.2) is 48.5 Å². The normalized spacial score (nSPS) is 10.9. The SMILES string of the molecule is Cc1ccccc1C(=O)C=Cc1cccc(Cl)c1Cl. The predicted molar refractivity (Wildman–Crippen MR) is 81.0 cm³/mol. The lowest BCUT2D eigenvalue weighted by atomic mass is 10.0. The van der Waals surface area contributed by atoms with E-state index in [-0.39, 0.29) is 5.78 Å². The molecule has 2 rings (SSSR count). The van der Waals surface area contributed by atoms with Crippen molar-refractivity contribution in [2.75, 3.05) is 0 Å². The predicted octanol–water partition coefficient (Wildman–Crippen LogP) is 5.20. The van der Waals surface area contributed by atoms with Gasteiger partial charge in [0.15, 0.2) is 5.78 Å². The highest BCUT2D eigenvalue weighted by Gasteiger charge is 2.05. The molecule has 0 aliphatic carbocycles. The molecule has 2 aromatic rings. The van der Waals surface area contributed by atoms with Crippen molar-refractivity contribution in [2.24, 2.45) is 0 Å². The number of carbonyl (C=O) groups excluding carboxylic acids is 1. The Bertz CT molecular complexity index is 645. The summed E-state index contributed by atoms with van der Waals surface area (Å²) in [6, 6.07) is 12.8. The molecule has 0 spiro atoms. The van der Waals surface area contributed by atoms with E-state index in [1.165, 1.54) is 6.08 Å². The zero-order chi connectivity index (χ0) is 13.8. The van der Waals surface area contributed by atoms with Crippen LogP contribution in [0.2, 0.25) is 10.0 Å². The molecule has 0 fully saturated rings. The minimum atomic E-state index is -0.0471. The lowest BCUT2D eigenvalue weighted by molar-refractivity contribution is 0.104. The van der Waals surface area contributed by atoms with Gasteiger partial charge in [0.2, 0.25) is 0 Å². The van der Waals surface area contributed by atoms with E-state index >= 15 is 0 Å². The van der Waals surface area contributed by atoms with Crippen molar-refractivity contribution in [2.45, 2.75) is 6.92 Å². The summed E-state index contributed by atoms with van der Waals surface area (Å²) in [4.78, 5) is 12.1. The molecular weight excluding hydrogens is 279 g/mol. The van der Waals surface area contributed by atoms with Gasteiger partial charge >= 0.3 is 0 Å². The van der Waals surface area contributed by atoms with Crippen LogP contribution in [0.25, 0.3) is 6.08 Å². The van der Waals surface area contributed by atoms with E-state index in [4.69, 9.17) is 23.2 Å². The van der Waals surface area contributed by atoms with Crippen molar-refractivity contribution in [1.82, 2.24) is 0 Å². The molecule has 0 amide bonds. The van der Waals surface area contributed by atoms with E-state index in [1.807, 2.05) is 37.3 Å². The number of aryl methyl sites for hydroxylation is 1. The molecule has 0 unspecified atom stereocenters. The third-order valence-electron chi connectivity index (χ3n) is 2.81. The van der Waals surface area contributed by atoms with Crippen LogP contribution in [0, 0.1) is 6.92 Å². The van der Waals surface area contributed by atoms with Gasteiger partial charge in [0.1, 0.15) is 0 Å². The molecule has 96 valence electrons. The second-order valence-corrected chi connectivity index (χ2v) is 4.94. The molecule has 1 nitrogen and oxygen atoms in total. The Balaban J connectivity index is 2.26. The van der Waals surface area contributed by atoms with Crippen LogP contribution in [0.5, 0.6) is 0 Å². The van der Waals surface area contributed by atoms with Crippen LogP contribution >= 0.6 is 23.2 Å². The molecule has 0 aromatic heterocycles. The van der Waals surface area contributed by atoms with Gasteiger partial charge in [-0.25, -0.2) is 0 Å². The molecule has 0 saturated heterocycles. The number of benzene rings is 2. The van der Waals surface area contributed by atoms with Crippen molar-refractivity contribution in [3.8, 4) is 0 Å². The molecule has 0 bridgehead atoms. The number of halogens is 2. The molecule has 0 saturated carbocycles. The topological polar surface area (TPSA) is 17.1 Å². The summed E-state index contributed by atoms with van der Waals surface area (Å²) in [5.41, 5.74) is 2.38. The molecule has 2 aromatic carbocycles. The number of hydrogen-bond donors (Lipinski definition) is 0. The second kappa shape index (κ2) is 6.05. The van der Waals surface area contributed by atoms with Gasteiger partial charge in [0.05, 0.1) is 10.0 Å². The maximum absolute atomic E-state index is 12.1. The first kappa shape index (κ1) is 13.9. The summed E-state index contributed by atoms with van der Waals surface area (Å²) in [6.07, 6.45) is 3.20. The second-order valence-electron chi connectivity index (χ2n) is 4.16. The average Bonchev–Trinajstić information content (AvgIpc) is 2.40. The van der Waals surface area contributed by atoms with Crippen LogP contribution < -0.4 is 0 Å². The molecule has 0 aliphatic rings. The van der Waals surface area contributed by atoms with Crippen molar-refractivity contribution >= 4 is 35.1 Å². The minimum Gasteiger partial charge on any atom is -0.289 e. The minimum absolute atomic E-state index is 0.0471. The van der Waals surface area contributed by atoms with E-state index in [0.717, 1.165) is 11.1 Å². The molecule has 3 heteroatoms. The van der Waals surface area contributed by atoms with E-state index in [1.54, 1.807) is 18.2 Å². The molecular formula is C16H12Cl2O. The maximum Gasteiger partial charge on any atom is 0.186 e. The Morgan fingerprint density at radius 2 is 1.79 bits per heavy atom. The van der Waals surface area contributed by atoms with E-state index < -0.39 is 0 Å². The summed E-state index contributed by atoms with van der Waals surface area (Å²) in [5.74, 6) is -0.0471. The quantitative estimate of drug-likeness (QED) is 0.561. The van der Waals surface area contributed by atoms with Gasteiger partial charge in [-0.1, -0.05) is 59.6 Å². The summed E-state index contributed by atoms with van der Waals surface area (Å²) in [6.45, 7) is 1.91. The Morgan fingerprint density at radius 3 is 2.53 bits per heavy atom. The lowest BCUT2D eigenvalue weighted by Gasteiger charge is -2.02. The molecule has 0 radical (unpaired) electrons. The first-order valence-corrected chi connectivity index (χ1v) is 6.57. The van der Waals surface area contributed by atoms with Gasteiger partial charge < -0.3 is 0 Å². The van der Waals surface area contributed by atoms with Crippen molar-refractivity contribution in [1.29, 1.82) is 0 Å². The van der Waals surface area contributed by atoms with Gasteiger partial charge in [-0.2, -0.15) is 0 Å². The number of ketones is 1. The van der Waals surface area contributed by atoms with Gasteiger partial charge in [-0.3, -0.25) is 4.79 Å². The third kappa shape index (κ3) is 3.25. The smallest absolute Gasteiger partial charge is 0.186 e. The molecule has 0 heterocycles. The highest BCUT2D eigenvalue weighted by molar-refractivity contribution is 6.42. The van der Waals surface area contributed by atoms with Crippen LogP contribution in [0.4, 0.5) is 0 Å². The molecule has 0 N–H and O–H groups in total. The lowest BCUT2D eigenvalue weighted by Crippen LogP contribution is -1.96. The van der Waals surface area contributed by atoms with Crippen molar-refractivity contribution in [3.63, 3.8) is 0 Å². The molecule has 19 heavy (non-hydrogen) atoms. The molecule has 0 atom stereocenters. The fourth-order valence-electron chi connectivity index (χ4n) is 1.75. The van der Waals surface area contributed by atoms with Crippen LogP contribution in [0.3, 0.4) is 0 Å². The highest BCUT2D eigenvalue weighted by Crippen LogP contribution is 2.26. The average molecular weight is 291 g/mol. The summed E-state index contributed by atoms with van der Waals surface area (Å²) >= 11 is 12.0. The number of carbonyl (C=O) groups is 1. The van der Waals surface area contributed by atoms with Gasteiger partial charge in [0.25, 0.3) is 0 Å². The van der Waals surface area contributed by atoms with Crippen molar-refractivity contribution < 1.29 is 4.79 Å².